The second kappa shape index (κ2) is 9.48. The average molecular weight is 368 g/mol. The Hall–Kier alpha value is -2.44. The molecule has 1 unspecified atom stereocenters. The molecule has 1 atom stereocenters. The summed E-state index contributed by atoms with van der Waals surface area (Å²) in [6, 6.07) is 11.9. The number of carbonyl (C=O) groups excluding carboxylic acids is 1. The number of pyridine rings is 1. The van der Waals surface area contributed by atoms with Crippen molar-refractivity contribution in [2.75, 3.05) is 50.1 Å². The molecule has 1 aliphatic heterocycles. The average Bonchev–Trinajstić information content (AvgIpc) is 2.73. The van der Waals surface area contributed by atoms with Crippen LogP contribution in [0.4, 0.5) is 11.4 Å². The Kier molecular flexibility index (Phi) is 6.79. The second-order valence-electron chi connectivity index (χ2n) is 6.90. The van der Waals surface area contributed by atoms with Crippen LogP contribution in [0.3, 0.4) is 0 Å². The van der Waals surface area contributed by atoms with Gasteiger partial charge < -0.3 is 15.0 Å². The van der Waals surface area contributed by atoms with Gasteiger partial charge in [-0.25, -0.2) is 0 Å². The minimum Gasteiger partial charge on any atom is -0.378 e. The van der Waals surface area contributed by atoms with E-state index in [1.165, 1.54) is 11.3 Å². The van der Waals surface area contributed by atoms with Gasteiger partial charge in [0.2, 0.25) is 5.91 Å². The Bertz CT molecular complexity index is 715. The van der Waals surface area contributed by atoms with Crippen LogP contribution in [-0.2, 0) is 16.0 Å². The molecule has 144 valence electrons. The minimum atomic E-state index is -0.203. The first-order valence-electron chi connectivity index (χ1n) is 9.46. The van der Waals surface area contributed by atoms with Gasteiger partial charge in [0.05, 0.1) is 19.3 Å². The van der Waals surface area contributed by atoms with Gasteiger partial charge in [0.25, 0.3) is 0 Å². The zero-order valence-electron chi connectivity index (χ0n) is 16.1. The zero-order valence-corrected chi connectivity index (χ0v) is 16.1. The highest BCUT2D eigenvalue weighted by Gasteiger charge is 2.18. The topological polar surface area (TPSA) is 57.7 Å². The van der Waals surface area contributed by atoms with E-state index in [-0.39, 0.29) is 11.9 Å². The SMILES string of the molecule is CC(C(=O)Nc1ccc(N2CCOCC2)cc1)N(C)CCc1ccncc1. The van der Waals surface area contributed by atoms with Crippen LogP contribution < -0.4 is 10.2 Å². The zero-order chi connectivity index (χ0) is 19.1. The number of anilines is 2. The summed E-state index contributed by atoms with van der Waals surface area (Å²) in [4.78, 5) is 21.0. The van der Waals surface area contributed by atoms with Crippen LogP contribution in [0.2, 0.25) is 0 Å². The lowest BCUT2D eigenvalue weighted by Gasteiger charge is -2.29. The fourth-order valence-corrected chi connectivity index (χ4v) is 3.07. The molecule has 0 spiro atoms. The number of rotatable bonds is 7. The number of nitrogens with one attached hydrogen (secondary N) is 1. The number of hydrogen-bond donors (Lipinski definition) is 1. The molecule has 2 heterocycles. The van der Waals surface area contributed by atoms with Gasteiger partial charge in [0.15, 0.2) is 0 Å². The molecule has 1 aliphatic rings. The summed E-state index contributed by atoms with van der Waals surface area (Å²) in [6.45, 7) is 6.10. The molecule has 1 aromatic carbocycles. The summed E-state index contributed by atoms with van der Waals surface area (Å²) in [5, 5.41) is 3.02. The summed E-state index contributed by atoms with van der Waals surface area (Å²) >= 11 is 0. The monoisotopic (exact) mass is 368 g/mol. The van der Waals surface area contributed by atoms with Crippen LogP contribution >= 0.6 is 0 Å². The van der Waals surface area contributed by atoms with Crippen molar-refractivity contribution in [3.05, 3.63) is 54.4 Å². The number of carbonyl (C=O) groups is 1. The van der Waals surface area contributed by atoms with Gasteiger partial charge in [-0.1, -0.05) is 0 Å². The molecule has 2 aromatic rings. The van der Waals surface area contributed by atoms with Crippen LogP contribution in [0, 0.1) is 0 Å². The minimum absolute atomic E-state index is 0.00588. The number of morpholine rings is 1. The summed E-state index contributed by atoms with van der Waals surface area (Å²) in [5.74, 6) is 0.00588. The van der Waals surface area contributed by atoms with Crippen molar-refractivity contribution in [2.24, 2.45) is 0 Å². The van der Waals surface area contributed by atoms with Crippen LogP contribution in [0.1, 0.15) is 12.5 Å². The van der Waals surface area contributed by atoms with Crippen LogP contribution in [0.25, 0.3) is 0 Å². The highest BCUT2D eigenvalue weighted by molar-refractivity contribution is 5.94. The molecule has 6 heteroatoms. The van der Waals surface area contributed by atoms with Crippen molar-refractivity contribution >= 4 is 17.3 Å². The fourth-order valence-electron chi connectivity index (χ4n) is 3.07. The van der Waals surface area contributed by atoms with E-state index in [0.29, 0.717) is 0 Å². The molecular formula is C21H28N4O2. The third kappa shape index (κ3) is 5.52. The van der Waals surface area contributed by atoms with E-state index >= 15 is 0 Å². The first kappa shape index (κ1) is 19.3. The third-order valence-corrected chi connectivity index (χ3v) is 5.05. The van der Waals surface area contributed by atoms with Gasteiger partial charge >= 0.3 is 0 Å². The number of nitrogens with zero attached hydrogens (tertiary/aromatic N) is 3. The van der Waals surface area contributed by atoms with Crippen molar-refractivity contribution < 1.29 is 9.53 Å². The van der Waals surface area contributed by atoms with Crippen molar-refractivity contribution in [1.82, 2.24) is 9.88 Å². The van der Waals surface area contributed by atoms with E-state index in [0.717, 1.165) is 45.0 Å². The van der Waals surface area contributed by atoms with Crippen molar-refractivity contribution in [2.45, 2.75) is 19.4 Å². The molecule has 0 aliphatic carbocycles. The molecule has 0 saturated carbocycles. The highest BCUT2D eigenvalue weighted by Crippen LogP contribution is 2.19. The maximum absolute atomic E-state index is 12.6. The second-order valence-corrected chi connectivity index (χ2v) is 6.90. The number of likely N-dealkylation sites (N-methyl/N-ethyl adjacent to an activating group) is 1. The van der Waals surface area contributed by atoms with Gasteiger partial charge in [-0.3, -0.25) is 14.7 Å². The van der Waals surface area contributed by atoms with E-state index in [4.69, 9.17) is 4.74 Å². The van der Waals surface area contributed by atoms with Gasteiger partial charge in [0, 0.05) is 43.4 Å². The molecule has 0 bridgehead atoms. The van der Waals surface area contributed by atoms with Gasteiger partial charge in [-0.15, -0.1) is 0 Å². The lowest BCUT2D eigenvalue weighted by Crippen LogP contribution is -2.40. The summed E-state index contributed by atoms with van der Waals surface area (Å²) in [5.41, 5.74) is 3.22. The number of ether oxygens (including phenoxy) is 1. The fraction of sp³-hybridized carbons (Fsp3) is 0.429. The van der Waals surface area contributed by atoms with Crippen molar-refractivity contribution in [1.29, 1.82) is 0 Å². The lowest BCUT2D eigenvalue weighted by molar-refractivity contribution is -0.120. The molecule has 1 N–H and O–H groups in total. The molecule has 1 amide bonds. The maximum Gasteiger partial charge on any atom is 0.241 e. The van der Waals surface area contributed by atoms with Crippen LogP contribution in [-0.4, -0.2) is 61.7 Å². The van der Waals surface area contributed by atoms with E-state index in [2.05, 4.69) is 32.2 Å². The number of hydrogen-bond acceptors (Lipinski definition) is 5. The molecule has 6 nitrogen and oxygen atoms in total. The number of aromatic nitrogens is 1. The first-order valence-corrected chi connectivity index (χ1v) is 9.46. The Morgan fingerprint density at radius 1 is 1.19 bits per heavy atom. The molecule has 27 heavy (non-hydrogen) atoms. The maximum atomic E-state index is 12.6. The van der Waals surface area contributed by atoms with Gasteiger partial charge in [-0.05, 0) is 62.4 Å². The number of benzene rings is 1. The predicted molar refractivity (Wildman–Crippen MR) is 108 cm³/mol. The summed E-state index contributed by atoms with van der Waals surface area (Å²) in [6.07, 6.45) is 4.49. The Morgan fingerprint density at radius 2 is 1.85 bits per heavy atom. The van der Waals surface area contributed by atoms with Crippen molar-refractivity contribution in [3.63, 3.8) is 0 Å². The Morgan fingerprint density at radius 3 is 2.52 bits per heavy atom. The molecule has 1 fully saturated rings. The first-order chi connectivity index (χ1) is 13.1. The van der Waals surface area contributed by atoms with Crippen LogP contribution in [0.15, 0.2) is 48.8 Å². The van der Waals surface area contributed by atoms with Crippen molar-refractivity contribution in [3.8, 4) is 0 Å². The van der Waals surface area contributed by atoms with E-state index in [1.807, 2.05) is 38.2 Å². The molecule has 1 saturated heterocycles. The normalized spacial score (nSPS) is 15.6. The Balaban J connectivity index is 1.49. The third-order valence-electron chi connectivity index (χ3n) is 5.05. The highest BCUT2D eigenvalue weighted by atomic mass is 16.5. The van der Waals surface area contributed by atoms with E-state index in [9.17, 15) is 4.79 Å². The molecular weight excluding hydrogens is 340 g/mol. The summed E-state index contributed by atoms with van der Waals surface area (Å²) in [7, 11) is 1.98. The number of amides is 1. The molecule has 1 aromatic heterocycles. The van der Waals surface area contributed by atoms with E-state index < -0.39 is 0 Å². The predicted octanol–water partition coefficient (Wildman–Crippen LogP) is 2.42. The quantitative estimate of drug-likeness (QED) is 0.813. The molecule has 0 radical (unpaired) electrons. The smallest absolute Gasteiger partial charge is 0.241 e. The largest absolute Gasteiger partial charge is 0.378 e. The van der Waals surface area contributed by atoms with Crippen LogP contribution in [0.5, 0.6) is 0 Å². The molecule has 3 rings (SSSR count). The Labute approximate surface area is 161 Å². The van der Waals surface area contributed by atoms with E-state index in [1.54, 1.807) is 12.4 Å². The standard InChI is InChI=1S/C21H28N4O2/c1-17(24(2)12-9-18-7-10-22-11-8-18)21(26)23-19-3-5-20(6-4-19)25-13-15-27-16-14-25/h3-8,10-11,17H,9,12-16H2,1-2H3,(H,23,26). The summed E-state index contributed by atoms with van der Waals surface area (Å²) < 4.78 is 5.39. The lowest BCUT2D eigenvalue weighted by atomic mass is 10.1. The van der Waals surface area contributed by atoms with Gasteiger partial charge in [-0.2, -0.15) is 0 Å². The van der Waals surface area contributed by atoms with Gasteiger partial charge in [0.1, 0.15) is 0 Å².